The molecule has 0 amide bonds. The van der Waals surface area contributed by atoms with Gasteiger partial charge in [-0.1, -0.05) is 26.7 Å². The maximum atomic E-state index is 10.1. The van der Waals surface area contributed by atoms with Crippen LogP contribution in [0.4, 0.5) is 0 Å². The summed E-state index contributed by atoms with van der Waals surface area (Å²) >= 11 is 0. The summed E-state index contributed by atoms with van der Waals surface area (Å²) in [5, 5.41) is 0. The maximum absolute atomic E-state index is 10.1. The highest BCUT2D eigenvalue weighted by Gasteiger charge is 1.88. The third kappa shape index (κ3) is 64.9. The Kier molecular flexibility index (Phi) is 35.4. The van der Waals surface area contributed by atoms with Crippen LogP contribution in [0.1, 0.15) is 81.1 Å². The lowest BCUT2D eigenvalue weighted by atomic mass is 10.4. The molecule has 0 aromatic carbocycles. The van der Waals surface area contributed by atoms with Gasteiger partial charge in [0.05, 0.1) is 26.4 Å². The zero-order valence-corrected chi connectivity index (χ0v) is 18.9. The average Bonchev–Trinajstić information content (AvgIpc) is 2.56. The molecule has 0 aliphatic carbocycles. The van der Waals surface area contributed by atoms with Gasteiger partial charge in [-0.05, 0) is 26.7 Å². The Bertz CT molecular complexity index is 344. The molecule has 0 rings (SSSR count). The number of hydrogen-bond donors (Lipinski definition) is 0. The number of carbonyl (C=O) groups is 4. The van der Waals surface area contributed by atoms with Crippen LogP contribution < -0.4 is 0 Å². The smallest absolute Gasteiger partial charge is 0.302 e. The predicted molar refractivity (Wildman–Crippen MR) is 108 cm³/mol. The first-order valence-corrected chi connectivity index (χ1v) is 9.62. The molecule has 0 unspecified atom stereocenters. The van der Waals surface area contributed by atoms with Crippen molar-refractivity contribution in [2.45, 2.75) is 81.1 Å². The van der Waals surface area contributed by atoms with E-state index in [0.717, 1.165) is 25.7 Å². The van der Waals surface area contributed by atoms with Crippen molar-refractivity contribution in [2.24, 2.45) is 0 Å². The Morgan fingerprint density at radius 3 is 0.857 bits per heavy atom. The molecule has 0 spiro atoms. The molecule has 0 aromatic rings. The van der Waals surface area contributed by atoms with Crippen molar-refractivity contribution >= 4 is 23.9 Å². The van der Waals surface area contributed by atoms with Crippen LogP contribution in [-0.2, 0) is 38.1 Å². The molecule has 28 heavy (non-hydrogen) atoms. The van der Waals surface area contributed by atoms with E-state index in [-0.39, 0.29) is 23.9 Å². The minimum atomic E-state index is -0.211. The largest absolute Gasteiger partial charge is 0.466 e. The van der Waals surface area contributed by atoms with Crippen molar-refractivity contribution in [3.8, 4) is 0 Å². The second-order valence-corrected chi connectivity index (χ2v) is 5.24. The molecule has 0 saturated heterocycles. The van der Waals surface area contributed by atoms with Gasteiger partial charge in [-0.15, -0.1) is 0 Å². The van der Waals surface area contributed by atoms with Gasteiger partial charge < -0.3 is 18.9 Å². The van der Waals surface area contributed by atoms with Gasteiger partial charge in [-0.3, -0.25) is 19.2 Å². The zero-order valence-electron chi connectivity index (χ0n) is 18.9. The van der Waals surface area contributed by atoms with E-state index in [1.165, 1.54) is 27.7 Å². The summed E-state index contributed by atoms with van der Waals surface area (Å²) in [6, 6.07) is 0. The molecule has 0 bridgehead atoms. The second kappa shape index (κ2) is 29.6. The highest BCUT2D eigenvalue weighted by Crippen LogP contribution is 1.87. The summed E-state index contributed by atoms with van der Waals surface area (Å²) in [6.45, 7) is 15.4. The van der Waals surface area contributed by atoms with Crippen molar-refractivity contribution in [3.63, 3.8) is 0 Å². The van der Waals surface area contributed by atoms with E-state index in [1.54, 1.807) is 13.8 Å². The normalized spacial score (nSPS) is 8.29. The Morgan fingerprint density at radius 2 is 0.750 bits per heavy atom. The Hall–Kier alpha value is -2.12. The standard InChI is InChI=1S/2C6H12O2.2C4H8O2/c2*1-3-4-5-8-6(2)7;2*1-3-6-4(2)5/h2*3-5H2,1-2H3;2*3H2,1-2H3. The minimum Gasteiger partial charge on any atom is -0.466 e. The molecule has 168 valence electrons. The van der Waals surface area contributed by atoms with E-state index in [9.17, 15) is 19.2 Å². The van der Waals surface area contributed by atoms with Crippen molar-refractivity contribution in [3.05, 3.63) is 0 Å². The van der Waals surface area contributed by atoms with E-state index in [0.29, 0.717) is 26.4 Å². The number of carbonyl (C=O) groups excluding carboxylic acids is 4. The highest BCUT2D eigenvalue weighted by molar-refractivity contribution is 5.66. The lowest BCUT2D eigenvalue weighted by Gasteiger charge is -1.96. The molecule has 8 heteroatoms. The van der Waals surface area contributed by atoms with E-state index in [1.807, 2.05) is 0 Å². The molecule has 0 atom stereocenters. The zero-order chi connectivity index (χ0) is 22.8. The summed E-state index contributed by atoms with van der Waals surface area (Å²) in [5.74, 6) is -0.785. The van der Waals surface area contributed by atoms with E-state index >= 15 is 0 Å². The number of esters is 4. The van der Waals surface area contributed by atoms with Gasteiger partial charge >= 0.3 is 23.9 Å². The molecule has 0 radical (unpaired) electrons. The molecule has 0 fully saturated rings. The third-order valence-corrected chi connectivity index (χ3v) is 2.30. The minimum absolute atomic E-state index is 0.182. The SMILES string of the molecule is CCCCOC(C)=O.CCCCOC(C)=O.CCOC(C)=O.CCOC(C)=O. The van der Waals surface area contributed by atoms with Crippen LogP contribution in [0.3, 0.4) is 0 Å². The molecule has 0 aromatic heterocycles. The summed E-state index contributed by atoms with van der Waals surface area (Å²) in [6.07, 6.45) is 4.10. The van der Waals surface area contributed by atoms with Crippen molar-refractivity contribution in [1.82, 2.24) is 0 Å². The number of ether oxygens (including phenoxy) is 4. The lowest BCUT2D eigenvalue weighted by Crippen LogP contribution is -1.99. The van der Waals surface area contributed by atoms with Crippen LogP contribution in [0.2, 0.25) is 0 Å². The maximum Gasteiger partial charge on any atom is 0.302 e. The fraction of sp³-hybridized carbons (Fsp3) is 0.800. The van der Waals surface area contributed by atoms with Gasteiger partial charge in [0.25, 0.3) is 0 Å². The molecule has 0 saturated carbocycles. The first-order chi connectivity index (χ1) is 13.1. The van der Waals surface area contributed by atoms with Crippen molar-refractivity contribution < 1.29 is 38.1 Å². The lowest BCUT2D eigenvalue weighted by molar-refractivity contribution is -0.142. The van der Waals surface area contributed by atoms with Crippen LogP contribution in [0.25, 0.3) is 0 Å². The van der Waals surface area contributed by atoms with Gasteiger partial charge in [0.15, 0.2) is 0 Å². The molecule has 8 nitrogen and oxygen atoms in total. The van der Waals surface area contributed by atoms with E-state index in [4.69, 9.17) is 0 Å². The fourth-order valence-corrected chi connectivity index (χ4v) is 1.13. The summed E-state index contributed by atoms with van der Waals surface area (Å²) in [4.78, 5) is 39.8. The summed E-state index contributed by atoms with van der Waals surface area (Å²) in [5.41, 5.74) is 0. The van der Waals surface area contributed by atoms with Crippen molar-refractivity contribution in [1.29, 1.82) is 0 Å². The topological polar surface area (TPSA) is 105 Å². The Morgan fingerprint density at radius 1 is 0.500 bits per heavy atom. The number of unbranched alkanes of at least 4 members (excludes halogenated alkanes) is 2. The molecule has 0 aliphatic heterocycles. The molecular weight excluding hydrogens is 368 g/mol. The first-order valence-electron chi connectivity index (χ1n) is 9.62. The van der Waals surface area contributed by atoms with Crippen molar-refractivity contribution in [2.75, 3.05) is 26.4 Å². The van der Waals surface area contributed by atoms with Crippen LogP contribution >= 0.6 is 0 Å². The van der Waals surface area contributed by atoms with Crippen LogP contribution in [-0.4, -0.2) is 50.3 Å². The molecule has 0 aliphatic rings. The first kappa shape index (κ1) is 33.5. The molecular formula is C20H40O8. The second-order valence-electron chi connectivity index (χ2n) is 5.24. The van der Waals surface area contributed by atoms with Crippen LogP contribution in [0.15, 0.2) is 0 Å². The van der Waals surface area contributed by atoms with Gasteiger partial charge in [-0.2, -0.15) is 0 Å². The van der Waals surface area contributed by atoms with Gasteiger partial charge in [0.2, 0.25) is 0 Å². The van der Waals surface area contributed by atoms with Gasteiger partial charge in [0.1, 0.15) is 0 Å². The fourth-order valence-electron chi connectivity index (χ4n) is 1.13. The molecule has 0 N–H and O–H groups in total. The monoisotopic (exact) mass is 408 g/mol. The summed E-state index contributed by atoms with van der Waals surface area (Å²) in [7, 11) is 0. The van der Waals surface area contributed by atoms with Crippen LogP contribution in [0.5, 0.6) is 0 Å². The predicted octanol–water partition coefficient (Wildman–Crippen LogP) is 3.84. The average molecular weight is 409 g/mol. The number of hydrogen-bond acceptors (Lipinski definition) is 8. The Labute approximate surface area is 170 Å². The number of rotatable bonds is 8. The summed E-state index contributed by atoms with van der Waals surface area (Å²) < 4.78 is 18.1. The van der Waals surface area contributed by atoms with Gasteiger partial charge in [-0.25, -0.2) is 0 Å². The Balaban J connectivity index is -0.000000139. The highest BCUT2D eigenvalue weighted by atomic mass is 16.5. The van der Waals surface area contributed by atoms with Crippen LogP contribution in [0, 0.1) is 0 Å². The van der Waals surface area contributed by atoms with E-state index in [2.05, 4.69) is 32.8 Å². The van der Waals surface area contributed by atoms with Gasteiger partial charge in [0, 0.05) is 27.7 Å². The third-order valence-electron chi connectivity index (χ3n) is 2.30. The van der Waals surface area contributed by atoms with E-state index < -0.39 is 0 Å². The quantitative estimate of drug-likeness (QED) is 0.339. The molecule has 0 heterocycles.